The summed E-state index contributed by atoms with van der Waals surface area (Å²) in [6, 6.07) is 10.1. The molecule has 0 heterocycles. The Kier molecular flexibility index (Phi) is 4.82. The van der Waals surface area contributed by atoms with E-state index < -0.39 is 0 Å². The van der Waals surface area contributed by atoms with Gasteiger partial charge in [0.15, 0.2) is 0 Å². The molecule has 0 spiro atoms. The summed E-state index contributed by atoms with van der Waals surface area (Å²) in [4.78, 5) is 0. The number of hydrogen-bond acceptors (Lipinski definition) is 1. The highest BCUT2D eigenvalue weighted by atomic mass is 16.3. The van der Waals surface area contributed by atoms with Gasteiger partial charge in [-0.2, -0.15) is 0 Å². The standard InChI is InChI=1S/C17H26O/c1-3-14-9-11-15(12-10-14)13(2)17(18)16-7-5-4-6-8-16/h4-8,13-15,17-18H,3,9-12H2,1-2H3. The minimum absolute atomic E-state index is 0.297. The van der Waals surface area contributed by atoms with Gasteiger partial charge in [0, 0.05) is 0 Å². The van der Waals surface area contributed by atoms with Crippen LogP contribution in [0.2, 0.25) is 0 Å². The molecule has 100 valence electrons. The van der Waals surface area contributed by atoms with Crippen molar-refractivity contribution in [3.8, 4) is 0 Å². The highest BCUT2D eigenvalue weighted by Gasteiger charge is 2.29. The molecule has 1 N–H and O–H groups in total. The summed E-state index contributed by atoms with van der Waals surface area (Å²) in [7, 11) is 0. The molecule has 0 aromatic heterocycles. The predicted molar refractivity (Wildman–Crippen MR) is 76.3 cm³/mol. The summed E-state index contributed by atoms with van der Waals surface area (Å²) in [5.74, 6) is 2.01. The largest absolute Gasteiger partial charge is 0.388 e. The summed E-state index contributed by atoms with van der Waals surface area (Å²) >= 11 is 0. The van der Waals surface area contributed by atoms with Crippen molar-refractivity contribution in [2.45, 2.75) is 52.1 Å². The van der Waals surface area contributed by atoms with Crippen LogP contribution in [0.1, 0.15) is 57.6 Å². The van der Waals surface area contributed by atoms with E-state index in [1.807, 2.05) is 30.3 Å². The molecule has 1 aliphatic carbocycles. The van der Waals surface area contributed by atoms with Gasteiger partial charge in [-0.3, -0.25) is 0 Å². The molecule has 1 fully saturated rings. The quantitative estimate of drug-likeness (QED) is 0.825. The zero-order valence-electron chi connectivity index (χ0n) is 11.7. The average Bonchev–Trinajstić information content (AvgIpc) is 2.47. The highest BCUT2D eigenvalue weighted by Crippen LogP contribution is 2.39. The third-order valence-corrected chi connectivity index (χ3v) is 4.85. The third-order valence-electron chi connectivity index (χ3n) is 4.85. The zero-order valence-corrected chi connectivity index (χ0v) is 11.7. The Labute approximate surface area is 111 Å². The number of hydrogen-bond donors (Lipinski definition) is 1. The van der Waals surface area contributed by atoms with Crippen LogP contribution in [0.4, 0.5) is 0 Å². The maximum Gasteiger partial charge on any atom is 0.0818 e. The SMILES string of the molecule is CCC1CCC(C(C)C(O)c2ccccc2)CC1. The monoisotopic (exact) mass is 246 g/mol. The van der Waals surface area contributed by atoms with E-state index in [9.17, 15) is 5.11 Å². The lowest BCUT2D eigenvalue weighted by Crippen LogP contribution is -2.24. The molecule has 2 atom stereocenters. The average molecular weight is 246 g/mol. The van der Waals surface area contributed by atoms with Crippen molar-refractivity contribution in [2.75, 3.05) is 0 Å². The van der Waals surface area contributed by atoms with Gasteiger partial charge in [0.05, 0.1) is 6.10 Å². The van der Waals surface area contributed by atoms with Crippen LogP contribution in [0.3, 0.4) is 0 Å². The van der Waals surface area contributed by atoms with E-state index in [1.165, 1.54) is 32.1 Å². The Morgan fingerprint density at radius 3 is 2.28 bits per heavy atom. The van der Waals surface area contributed by atoms with E-state index in [2.05, 4.69) is 13.8 Å². The summed E-state index contributed by atoms with van der Waals surface area (Å²) in [6.07, 6.45) is 6.32. The predicted octanol–water partition coefficient (Wildman–Crippen LogP) is 4.57. The molecule has 1 saturated carbocycles. The fraction of sp³-hybridized carbons (Fsp3) is 0.647. The summed E-state index contributed by atoms with van der Waals surface area (Å²) in [5.41, 5.74) is 1.07. The van der Waals surface area contributed by atoms with Crippen LogP contribution < -0.4 is 0 Å². The van der Waals surface area contributed by atoms with Crippen LogP contribution in [0.25, 0.3) is 0 Å². The second kappa shape index (κ2) is 6.38. The van der Waals surface area contributed by atoms with Gasteiger partial charge in [0.25, 0.3) is 0 Å². The van der Waals surface area contributed by atoms with Crippen molar-refractivity contribution >= 4 is 0 Å². The second-order valence-electron chi connectivity index (χ2n) is 5.90. The first kappa shape index (κ1) is 13.6. The maximum absolute atomic E-state index is 10.5. The van der Waals surface area contributed by atoms with Crippen molar-refractivity contribution in [3.05, 3.63) is 35.9 Å². The molecule has 0 amide bonds. The van der Waals surface area contributed by atoms with Gasteiger partial charge in [-0.15, -0.1) is 0 Å². The zero-order chi connectivity index (χ0) is 13.0. The van der Waals surface area contributed by atoms with E-state index >= 15 is 0 Å². The van der Waals surface area contributed by atoms with Crippen LogP contribution in [0.15, 0.2) is 30.3 Å². The molecule has 1 aromatic carbocycles. The molecule has 18 heavy (non-hydrogen) atoms. The van der Waals surface area contributed by atoms with E-state index in [0.717, 1.165) is 11.5 Å². The maximum atomic E-state index is 10.5. The van der Waals surface area contributed by atoms with E-state index in [0.29, 0.717) is 11.8 Å². The molecule has 0 aliphatic heterocycles. The van der Waals surface area contributed by atoms with Crippen LogP contribution in [0, 0.1) is 17.8 Å². The smallest absolute Gasteiger partial charge is 0.0818 e. The van der Waals surface area contributed by atoms with E-state index in [4.69, 9.17) is 0 Å². The molecule has 2 unspecified atom stereocenters. The first-order valence-corrected chi connectivity index (χ1v) is 7.45. The van der Waals surface area contributed by atoms with Crippen molar-refractivity contribution in [1.82, 2.24) is 0 Å². The Morgan fingerprint density at radius 1 is 1.11 bits per heavy atom. The highest BCUT2D eigenvalue weighted by molar-refractivity contribution is 5.18. The van der Waals surface area contributed by atoms with Gasteiger partial charge in [-0.25, -0.2) is 0 Å². The molecule has 1 heteroatoms. The fourth-order valence-electron chi connectivity index (χ4n) is 3.33. The lowest BCUT2D eigenvalue weighted by Gasteiger charge is -2.34. The van der Waals surface area contributed by atoms with Gasteiger partial charge in [-0.05, 0) is 36.2 Å². The number of rotatable bonds is 4. The number of benzene rings is 1. The van der Waals surface area contributed by atoms with E-state index in [-0.39, 0.29) is 6.10 Å². The van der Waals surface area contributed by atoms with Gasteiger partial charge in [0.1, 0.15) is 0 Å². The number of aliphatic hydroxyl groups excluding tert-OH is 1. The first-order chi connectivity index (χ1) is 8.72. The molecular formula is C17H26O. The van der Waals surface area contributed by atoms with Crippen molar-refractivity contribution < 1.29 is 5.11 Å². The summed E-state index contributed by atoms with van der Waals surface area (Å²) < 4.78 is 0. The van der Waals surface area contributed by atoms with Gasteiger partial charge >= 0.3 is 0 Å². The fourth-order valence-corrected chi connectivity index (χ4v) is 3.33. The summed E-state index contributed by atoms with van der Waals surface area (Å²) in [5, 5.41) is 10.5. The van der Waals surface area contributed by atoms with Crippen LogP contribution in [-0.4, -0.2) is 5.11 Å². The van der Waals surface area contributed by atoms with Crippen LogP contribution in [-0.2, 0) is 0 Å². The Balaban J connectivity index is 1.93. The molecule has 0 saturated heterocycles. The molecule has 0 radical (unpaired) electrons. The summed E-state index contributed by atoms with van der Waals surface area (Å²) in [6.45, 7) is 4.52. The van der Waals surface area contributed by atoms with Crippen LogP contribution >= 0.6 is 0 Å². The van der Waals surface area contributed by atoms with Crippen molar-refractivity contribution in [1.29, 1.82) is 0 Å². The molecule has 1 nitrogen and oxygen atoms in total. The molecular weight excluding hydrogens is 220 g/mol. The number of aliphatic hydroxyl groups is 1. The van der Waals surface area contributed by atoms with Crippen molar-refractivity contribution in [3.63, 3.8) is 0 Å². The minimum Gasteiger partial charge on any atom is -0.388 e. The molecule has 2 rings (SSSR count). The van der Waals surface area contributed by atoms with Crippen LogP contribution in [0.5, 0.6) is 0 Å². The van der Waals surface area contributed by atoms with Gasteiger partial charge < -0.3 is 5.11 Å². The molecule has 1 aromatic rings. The lowest BCUT2D eigenvalue weighted by molar-refractivity contribution is 0.0612. The lowest BCUT2D eigenvalue weighted by atomic mass is 9.73. The molecule has 1 aliphatic rings. The van der Waals surface area contributed by atoms with E-state index in [1.54, 1.807) is 0 Å². The Bertz CT molecular complexity index is 338. The Morgan fingerprint density at radius 2 is 1.72 bits per heavy atom. The third kappa shape index (κ3) is 3.14. The molecule has 0 bridgehead atoms. The normalized spacial score (nSPS) is 27.7. The topological polar surface area (TPSA) is 20.2 Å². The van der Waals surface area contributed by atoms with Crippen molar-refractivity contribution in [2.24, 2.45) is 17.8 Å². The Hall–Kier alpha value is -0.820. The minimum atomic E-state index is -0.297. The van der Waals surface area contributed by atoms with Gasteiger partial charge in [-0.1, -0.05) is 63.4 Å². The first-order valence-electron chi connectivity index (χ1n) is 7.45. The second-order valence-corrected chi connectivity index (χ2v) is 5.90. The van der Waals surface area contributed by atoms with Gasteiger partial charge in [0.2, 0.25) is 0 Å².